The third-order valence-corrected chi connectivity index (χ3v) is 5.34. The summed E-state index contributed by atoms with van der Waals surface area (Å²) in [4.78, 5) is 22.3. The Morgan fingerprint density at radius 3 is 2.40 bits per heavy atom. The molecule has 0 aliphatic carbocycles. The van der Waals surface area contributed by atoms with Crippen LogP contribution in [0.3, 0.4) is 0 Å². The van der Waals surface area contributed by atoms with Gasteiger partial charge in [0.25, 0.3) is 0 Å². The largest absolute Gasteiger partial charge is 0.356 e. The minimum atomic E-state index is 0.0572. The normalized spacial score (nSPS) is 23.9. The molecule has 2 aromatic rings. The van der Waals surface area contributed by atoms with Gasteiger partial charge >= 0.3 is 0 Å². The van der Waals surface area contributed by atoms with Gasteiger partial charge in [-0.2, -0.15) is 0 Å². The van der Waals surface area contributed by atoms with Crippen LogP contribution in [0, 0.1) is 11.8 Å². The van der Waals surface area contributed by atoms with Gasteiger partial charge in [0, 0.05) is 50.4 Å². The van der Waals surface area contributed by atoms with E-state index in [9.17, 15) is 0 Å². The van der Waals surface area contributed by atoms with E-state index in [1.54, 1.807) is 12.7 Å². The molecule has 0 bridgehead atoms. The van der Waals surface area contributed by atoms with Gasteiger partial charge in [0.1, 0.15) is 18.5 Å². The Balaban J connectivity index is 1.40. The molecular formula is C19H26N6. The molecule has 2 aliphatic rings. The van der Waals surface area contributed by atoms with Crippen LogP contribution in [0.15, 0.2) is 31.0 Å². The predicted octanol–water partition coefficient (Wildman–Crippen LogP) is 2.13. The van der Waals surface area contributed by atoms with Gasteiger partial charge in [-0.25, -0.2) is 19.9 Å². The third kappa shape index (κ3) is 3.49. The minimum Gasteiger partial charge on any atom is -0.356 e. The van der Waals surface area contributed by atoms with Crippen molar-refractivity contribution in [3.8, 4) is 0 Å². The number of nitrogens with zero attached hydrogens (tertiary/aromatic N) is 6. The lowest BCUT2D eigenvalue weighted by molar-refractivity contribution is 0.305. The average molecular weight is 338 g/mol. The molecule has 2 saturated heterocycles. The summed E-state index contributed by atoms with van der Waals surface area (Å²) < 4.78 is 0. The van der Waals surface area contributed by atoms with Crippen molar-refractivity contribution in [2.75, 3.05) is 31.1 Å². The molecular weight excluding hydrogens is 312 g/mol. The summed E-state index contributed by atoms with van der Waals surface area (Å²) in [5.41, 5.74) is 2.28. The average Bonchev–Trinajstić information content (AvgIpc) is 3.13. The highest BCUT2D eigenvalue weighted by molar-refractivity contribution is 5.42. The first-order valence-electron chi connectivity index (χ1n) is 9.04. The Hall–Kier alpha value is -2.08. The van der Waals surface area contributed by atoms with Crippen LogP contribution in [0.25, 0.3) is 0 Å². The molecule has 0 N–H and O–H groups in total. The zero-order valence-electron chi connectivity index (χ0n) is 15.3. The molecule has 0 amide bonds. The molecule has 2 aromatic heterocycles. The Labute approximate surface area is 149 Å². The zero-order chi connectivity index (χ0) is 17.4. The van der Waals surface area contributed by atoms with Crippen molar-refractivity contribution in [2.45, 2.75) is 32.7 Å². The molecule has 0 aromatic carbocycles. The van der Waals surface area contributed by atoms with E-state index in [4.69, 9.17) is 0 Å². The highest BCUT2D eigenvalue weighted by atomic mass is 15.3. The molecule has 0 spiro atoms. The van der Waals surface area contributed by atoms with Gasteiger partial charge in [-0.15, -0.1) is 0 Å². The molecule has 4 heterocycles. The molecule has 2 unspecified atom stereocenters. The molecule has 2 atom stereocenters. The number of fused-ring (bicyclic) bond motifs is 1. The third-order valence-electron chi connectivity index (χ3n) is 5.34. The molecule has 2 fully saturated rings. The lowest BCUT2D eigenvalue weighted by Gasteiger charge is -2.24. The maximum absolute atomic E-state index is 4.53. The van der Waals surface area contributed by atoms with Crippen molar-refractivity contribution in [3.63, 3.8) is 0 Å². The summed E-state index contributed by atoms with van der Waals surface area (Å²) in [6, 6.07) is 4.18. The second-order valence-corrected chi connectivity index (χ2v) is 8.33. The van der Waals surface area contributed by atoms with Crippen molar-refractivity contribution in [1.29, 1.82) is 0 Å². The molecule has 132 valence electrons. The summed E-state index contributed by atoms with van der Waals surface area (Å²) >= 11 is 0. The summed E-state index contributed by atoms with van der Waals surface area (Å²) in [7, 11) is 0. The number of anilines is 1. The summed E-state index contributed by atoms with van der Waals surface area (Å²) in [5, 5.41) is 0. The van der Waals surface area contributed by atoms with Gasteiger partial charge in [0.15, 0.2) is 0 Å². The van der Waals surface area contributed by atoms with Crippen LogP contribution in [-0.4, -0.2) is 51.0 Å². The molecule has 25 heavy (non-hydrogen) atoms. The number of likely N-dealkylation sites (tertiary alicyclic amines) is 1. The van der Waals surface area contributed by atoms with Crippen LogP contribution in [0.4, 0.5) is 5.82 Å². The van der Waals surface area contributed by atoms with Crippen LogP contribution in [-0.2, 0) is 12.0 Å². The lowest BCUT2D eigenvalue weighted by Crippen LogP contribution is -2.29. The van der Waals surface area contributed by atoms with Gasteiger partial charge in [-0.1, -0.05) is 20.8 Å². The van der Waals surface area contributed by atoms with E-state index in [1.807, 2.05) is 12.3 Å². The van der Waals surface area contributed by atoms with Gasteiger partial charge in [0.05, 0.1) is 11.4 Å². The Kier molecular flexibility index (Phi) is 4.15. The SMILES string of the molecule is CC(C)(C)c1cc(N2CC3CN(Cc4ccncn4)CC3C2)ncn1. The van der Waals surface area contributed by atoms with E-state index in [0.29, 0.717) is 0 Å². The van der Waals surface area contributed by atoms with Crippen LogP contribution in [0.2, 0.25) is 0 Å². The fourth-order valence-electron chi connectivity index (χ4n) is 3.98. The maximum Gasteiger partial charge on any atom is 0.132 e. The van der Waals surface area contributed by atoms with E-state index >= 15 is 0 Å². The second-order valence-electron chi connectivity index (χ2n) is 8.33. The van der Waals surface area contributed by atoms with E-state index in [1.165, 1.54) is 0 Å². The van der Waals surface area contributed by atoms with Crippen LogP contribution in [0.1, 0.15) is 32.2 Å². The number of hydrogen-bond donors (Lipinski definition) is 0. The number of rotatable bonds is 3. The first kappa shape index (κ1) is 16.4. The standard InChI is InChI=1S/C19H26N6/c1-19(2,3)17-6-18(23-13-22-17)25-9-14-7-24(8-15(14)10-25)11-16-4-5-20-12-21-16/h4-6,12-15H,7-11H2,1-3H3. The summed E-state index contributed by atoms with van der Waals surface area (Å²) in [6.07, 6.45) is 5.17. The topological polar surface area (TPSA) is 58.0 Å². The highest BCUT2D eigenvalue weighted by Crippen LogP contribution is 2.34. The van der Waals surface area contributed by atoms with Gasteiger partial charge in [-0.3, -0.25) is 4.90 Å². The van der Waals surface area contributed by atoms with Crippen molar-refractivity contribution in [3.05, 3.63) is 42.4 Å². The monoisotopic (exact) mass is 338 g/mol. The molecule has 2 aliphatic heterocycles. The quantitative estimate of drug-likeness (QED) is 0.854. The Morgan fingerprint density at radius 2 is 1.76 bits per heavy atom. The van der Waals surface area contributed by atoms with Gasteiger partial charge in [0.2, 0.25) is 0 Å². The lowest BCUT2D eigenvalue weighted by atomic mass is 9.92. The van der Waals surface area contributed by atoms with Crippen molar-refractivity contribution in [1.82, 2.24) is 24.8 Å². The highest BCUT2D eigenvalue weighted by Gasteiger charge is 2.40. The van der Waals surface area contributed by atoms with E-state index in [0.717, 1.165) is 61.8 Å². The van der Waals surface area contributed by atoms with Crippen molar-refractivity contribution < 1.29 is 0 Å². The first-order valence-corrected chi connectivity index (χ1v) is 9.04. The molecule has 0 saturated carbocycles. The Morgan fingerprint density at radius 1 is 1.00 bits per heavy atom. The zero-order valence-corrected chi connectivity index (χ0v) is 15.3. The van der Waals surface area contributed by atoms with Gasteiger partial charge in [-0.05, 0) is 17.9 Å². The summed E-state index contributed by atoms with van der Waals surface area (Å²) in [5.74, 6) is 2.52. The second kappa shape index (κ2) is 6.33. The smallest absolute Gasteiger partial charge is 0.132 e. The van der Waals surface area contributed by atoms with E-state index in [-0.39, 0.29) is 5.41 Å². The van der Waals surface area contributed by atoms with E-state index in [2.05, 4.69) is 56.6 Å². The molecule has 6 nitrogen and oxygen atoms in total. The summed E-state index contributed by atoms with van der Waals surface area (Å²) in [6.45, 7) is 12.0. The first-order chi connectivity index (χ1) is 12.0. The van der Waals surface area contributed by atoms with Crippen molar-refractivity contribution >= 4 is 5.82 Å². The predicted molar refractivity (Wildman–Crippen MR) is 97.2 cm³/mol. The number of hydrogen-bond acceptors (Lipinski definition) is 6. The van der Waals surface area contributed by atoms with Crippen molar-refractivity contribution in [2.24, 2.45) is 11.8 Å². The van der Waals surface area contributed by atoms with Gasteiger partial charge < -0.3 is 4.90 Å². The molecule has 4 rings (SSSR count). The fraction of sp³-hybridized carbons (Fsp3) is 0.579. The molecule has 0 radical (unpaired) electrons. The molecule has 6 heteroatoms. The minimum absolute atomic E-state index is 0.0572. The fourth-order valence-corrected chi connectivity index (χ4v) is 3.98. The number of aromatic nitrogens is 4. The van der Waals surface area contributed by atoms with Crippen LogP contribution < -0.4 is 4.90 Å². The Bertz CT molecular complexity index is 712. The van der Waals surface area contributed by atoms with Crippen LogP contribution >= 0.6 is 0 Å². The van der Waals surface area contributed by atoms with E-state index < -0.39 is 0 Å². The maximum atomic E-state index is 4.53. The van der Waals surface area contributed by atoms with Crippen LogP contribution in [0.5, 0.6) is 0 Å².